The molecular weight excluding hydrogens is 492 g/mol. The van der Waals surface area contributed by atoms with E-state index < -0.39 is 8.07 Å². The molecule has 1 aliphatic heterocycles. The van der Waals surface area contributed by atoms with Crippen LogP contribution in [0.2, 0.25) is 31.0 Å². The monoisotopic (exact) mass is 528 g/mol. The Hall–Kier alpha value is -2.30. The van der Waals surface area contributed by atoms with E-state index in [0.717, 1.165) is 60.1 Å². The van der Waals surface area contributed by atoms with Gasteiger partial charge in [0.05, 0.1) is 22.9 Å². The number of para-hydroxylation sites is 1. The van der Waals surface area contributed by atoms with E-state index in [1.807, 2.05) is 37.4 Å². The van der Waals surface area contributed by atoms with Gasteiger partial charge in [-0.3, -0.25) is 9.69 Å². The first kappa shape index (κ1) is 26.8. The fraction of sp³-hybridized carbons (Fsp3) is 0.500. The molecule has 2 aromatic heterocycles. The summed E-state index contributed by atoms with van der Waals surface area (Å²) in [5.74, 6) is -0.00826. The van der Waals surface area contributed by atoms with Crippen LogP contribution in [0.15, 0.2) is 36.7 Å². The molecule has 8 nitrogen and oxygen atoms in total. The van der Waals surface area contributed by atoms with Crippen LogP contribution in [0.1, 0.15) is 6.92 Å². The van der Waals surface area contributed by atoms with Crippen LogP contribution in [0.25, 0.3) is 22.2 Å². The van der Waals surface area contributed by atoms with Crippen LogP contribution in [0.4, 0.5) is 5.69 Å². The number of carbonyl (C=O) groups excluding carboxylic acids is 1. The molecule has 36 heavy (non-hydrogen) atoms. The molecule has 1 aliphatic rings. The van der Waals surface area contributed by atoms with Crippen LogP contribution < -0.4 is 5.32 Å². The van der Waals surface area contributed by atoms with E-state index in [-0.39, 0.29) is 17.2 Å². The minimum absolute atomic E-state index is 0.00826. The number of nitrogens with zero attached hydrogens (tertiary/aromatic N) is 5. The Labute approximate surface area is 219 Å². The summed E-state index contributed by atoms with van der Waals surface area (Å²) in [5, 5.41) is 4.38. The van der Waals surface area contributed by atoms with Gasteiger partial charge >= 0.3 is 0 Å². The number of aromatic nitrogens is 3. The van der Waals surface area contributed by atoms with Crippen molar-refractivity contribution in [2.75, 3.05) is 45.2 Å². The van der Waals surface area contributed by atoms with Crippen LogP contribution in [0.3, 0.4) is 0 Å². The molecule has 1 unspecified atom stereocenters. The number of likely N-dealkylation sites (N-methyl/N-ethyl adjacent to an activating group) is 1. The Morgan fingerprint density at radius 3 is 2.64 bits per heavy atom. The van der Waals surface area contributed by atoms with Crippen LogP contribution in [0.5, 0.6) is 0 Å². The van der Waals surface area contributed by atoms with Gasteiger partial charge in [0.15, 0.2) is 0 Å². The van der Waals surface area contributed by atoms with E-state index in [1.54, 1.807) is 6.20 Å². The molecule has 0 saturated carbocycles. The molecule has 1 amide bonds. The van der Waals surface area contributed by atoms with Crippen LogP contribution in [0, 0.1) is 0 Å². The van der Waals surface area contributed by atoms with Gasteiger partial charge in [0.2, 0.25) is 11.2 Å². The lowest BCUT2D eigenvalue weighted by molar-refractivity contribution is -0.121. The minimum atomic E-state index is -1.20. The molecule has 0 bridgehead atoms. The number of anilines is 1. The van der Waals surface area contributed by atoms with Crippen molar-refractivity contribution in [1.82, 2.24) is 24.3 Å². The zero-order valence-electron chi connectivity index (χ0n) is 21.9. The number of benzene rings is 1. The number of fused-ring (bicyclic) bond motifs is 1. The summed E-state index contributed by atoms with van der Waals surface area (Å²) in [6.07, 6.45) is 3.68. The predicted molar refractivity (Wildman–Crippen MR) is 149 cm³/mol. The highest BCUT2D eigenvalue weighted by Crippen LogP contribution is 2.34. The van der Waals surface area contributed by atoms with Crippen molar-refractivity contribution in [2.45, 2.75) is 45.4 Å². The average molecular weight is 529 g/mol. The third kappa shape index (κ3) is 6.52. The van der Waals surface area contributed by atoms with Crippen molar-refractivity contribution in [2.24, 2.45) is 0 Å². The van der Waals surface area contributed by atoms with E-state index in [9.17, 15) is 4.79 Å². The first-order valence-electron chi connectivity index (χ1n) is 12.5. The number of rotatable bonds is 9. The van der Waals surface area contributed by atoms with Crippen LogP contribution >= 0.6 is 11.6 Å². The first-order valence-corrected chi connectivity index (χ1v) is 16.6. The number of piperazine rings is 1. The van der Waals surface area contributed by atoms with Crippen molar-refractivity contribution in [3.8, 4) is 11.3 Å². The van der Waals surface area contributed by atoms with Crippen molar-refractivity contribution in [1.29, 1.82) is 0 Å². The van der Waals surface area contributed by atoms with Crippen LogP contribution in [-0.4, -0.2) is 84.2 Å². The molecule has 3 aromatic rings. The first-order chi connectivity index (χ1) is 17.1. The number of hydrogen-bond donors (Lipinski definition) is 1. The molecule has 1 saturated heterocycles. The molecule has 10 heteroatoms. The molecule has 1 N–H and O–H groups in total. The summed E-state index contributed by atoms with van der Waals surface area (Å²) in [6, 6.07) is 8.67. The molecule has 3 heterocycles. The Balaban J connectivity index is 1.64. The normalized spacial score (nSPS) is 16.4. The number of hydrogen-bond acceptors (Lipinski definition) is 6. The molecule has 1 atom stereocenters. The van der Waals surface area contributed by atoms with E-state index in [2.05, 4.69) is 56.3 Å². The summed E-state index contributed by atoms with van der Waals surface area (Å²) in [4.78, 5) is 26.3. The highest BCUT2D eigenvalue weighted by molar-refractivity contribution is 6.76. The maximum atomic E-state index is 13.3. The molecule has 0 spiro atoms. The SMILES string of the molecule is CC(C(=O)Nc1cccc2c(-c3ccnc(Cl)n3)cn(COCC[Si](C)(C)C)c12)N1CCN(C)CC1. The predicted octanol–water partition coefficient (Wildman–Crippen LogP) is 4.64. The molecule has 4 rings (SSSR count). The van der Waals surface area contributed by atoms with Crippen molar-refractivity contribution in [3.05, 3.63) is 41.9 Å². The van der Waals surface area contributed by atoms with E-state index in [0.29, 0.717) is 13.3 Å². The van der Waals surface area contributed by atoms with Gasteiger partial charge in [0.25, 0.3) is 0 Å². The van der Waals surface area contributed by atoms with E-state index in [4.69, 9.17) is 16.3 Å². The average Bonchev–Trinajstić information content (AvgIpc) is 3.21. The Morgan fingerprint density at radius 2 is 1.94 bits per heavy atom. The molecule has 0 aliphatic carbocycles. The number of nitrogens with one attached hydrogen (secondary N) is 1. The van der Waals surface area contributed by atoms with Crippen LogP contribution in [-0.2, 0) is 16.3 Å². The van der Waals surface area contributed by atoms with Gasteiger partial charge in [-0.2, -0.15) is 0 Å². The molecule has 1 fully saturated rings. The summed E-state index contributed by atoms with van der Waals surface area (Å²) in [7, 11) is 0.917. The zero-order valence-corrected chi connectivity index (χ0v) is 23.7. The lowest BCUT2D eigenvalue weighted by atomic mass is 10.1. The lowest BCUT2D eigenvalue weighted by Gasteiger charge is -2.35. The summed E-state index contributed by atoms with van der Waals surface area (Å²) in [6.45, 7) is 13.8. The fourth-order valence-corrected chi connectivity index (χ4v) is 5.31. The Morgan fingerprint density at radius 1 is 1.19 bits per heavy atom. The van der Waals surface area contributed by atoms with Gasteiger partial charge in [-0.05, 0) is 43.7 Å². The van der Waals surface area contributed by atoms with Gasteiger partial charge in [0.1, 0.15) is 6.73 Å². The number of ether oxygens (including phenoxy) is 1. The van der Waals surface area contributed by atoms with Crippen molar-refractivity contribution in [3.63, 3.8) is 0 Å². The van der Waals surface area contributed by atoms with Crippen molar-refractivity contribution < 1.29 is 9.53 Å². The smallest absolute Gasteiger partial charge is 0.241 e. The second-order valence-electron chi connectivity index (χ2n) is 10.8. The van der Waals surface area contributed by atoms with Gasteiger partial charge in [0, 0.05) is 64.2 Å². The quantitative estimate of drug-likeness (QED) is 0.248. The zero-order chi connectivity index (χ0) is 25.9. The highest BCUT2D eigenvalue weighted by Gasteiger charge is 2.25. The second-order valence-corrected chi connectivity index (χ2v) is 16.7. The minimum Gasteiger partial charge on any atom is -0.361 e. The third-order valence-electron chi connectivity index (χ3n) is 6.75. The number of halogens is 1. The van der Waals surface area contributed by atoms with E-state index in [1.165, 1.54) is 0 Å². The Kier molecular flexibility index (Phi) is 8.47. The van der Waals surface area contributed by atoms with E-state index >= 15 is 0 Å². The summed E-state index contributed by atoms with van der Waals surface area (Å²) in [5.41, 5.74) is 3.33. The topological polar surface area (TPSA) is 75.5 Å². The van der Waals surface area contributed by atoms with Gasteiger partial charge in [-0.25, -0.2) is 9.97 Å². The van der Waals surface area contributed by atoms with Crippen molar-refractivity contribution >= 4 is 42.2 Å². The second kappa shape index (κ2) is 11.4. The van der Waals surface area contributed by atoms with Gasteiger partial charge in [-0.1, -0.05) is 31.8 Å². The van der Waals surface area contributed by atoms with Gasteiger partial charge in [-0.15, -0.1) is 0 Å². The molecule has 0 radical (unpaired) electrons. The molecule has 194 valence electrons. The maximum Gasteiger partial charge on any atom is 0.241 e. The maximum absolute atomic E-state index is 13.3. The fourth-order valence-electron chi connectivity index (χ4n) is 4.41. The van der Waals surface area contributed by atoms with Gasteiger partial charge < -0.3 is 19.5 Å². The lowest BCUT2D eigenvalue weighted by Crippen LogP contribution is -2.51. The number of carbonyl (C=O) groups is 1. The third-order valence-corrected chi connectivity index (χ3v) is 8.64. The number of amides is 1. The molecular formula is C26H37ClN6O2Si. The Bertz CT molecular complexity index is 1200. The summed E-state index contributed by atoms with van der Waals surface area (Å²) < 4.78 is 8.16. The molecule has 1 aromatic carbocycles. The highest BCUT2D eigenvalue weighted by atomic mass is 35.5. The largest absolute Gasteiger partial charge is 0.361 e. The summed E-state index contributed by atoms with van der Waals surface area (Å²) >= 11 is 6.10. The standard InChI is InChI=1S/C26H37ClN6O2Si/c1-19(32-13-11-31(2)12-14-32)25(34)29-23-8-6-7-20-21(22-9-10-28-26(27)30-22)17-33(24(20)23)18-35-15-16-36(3,4)5/h6-10,17,19H,11-16,18H2,1-5H3,(H,29,34).